The third-order valence-corrected chi connectivity index (χ3v) is 3.82. The highest BCUT2D eigenvalue weighted by atomic mass is 19.1. The number of amides is 2. The van der Waals surface area contributed by atoms with Gasteiger partial charge in [-0.2, -0.15) is 5.10 Å². The summed E-state index contributed by atoms with van der Waals surface area (Å²) in [4.78, 5) is 23.8. The number of halogens is 1. The number of hydrazone groups is 1. The van der Waals surface area contributed by atoms with Crippen molar-refractivity contribution >= 4 is 23.7 Å². The van der Waals surface area contributed by atoms with Gasteiger partial charge < -0.3 is 5.32 Å². The second-order valence-electron chi connectivity index (χ2n) is 6.14. The molecule has 2 aromatic carbocycles. The Kier molecular flexibility index (Phi) is 6.60. The highest BCUT2D eigenvalue weighted by Gasteiger charge is 2.10. The van der Waals surface area contributed by atoms with E-state index in [1.165, 1.54) is 12.3 Å². The van der Waals surface area contributed by atoms with Crippen molar-refractivity contribution in [3.05, 3.63) is 64.5 Å². The summed E-state index contributed by atoms with van der Waals surface area (Å²) in [6.45, 7) is 5.86. The molecule has 5 nitrogen and oxygen atoms in total. The lowest BCUT2D eigenvalue weighted by Crippen LogP contribution is -2.21. The molecule has 0 fully saturated rings. The maximum atomic E-state index is 13.4. The molecule has 0 saturated heterocycles. The normalized spacial score (nSPS) is 10.8. The van der Waals surface area contributed by atoms with Crippen molar-refractivity contribution in [3.8, 4) is 0 Å². The standard InChI is InChI=1S/C20H22FN3O2/c1-13-10-14(2)20(15(3)11-13)23-18(25)8-9-19(26)24-22-12-16-6-4-5-7-17(16)21/h4-7,10-12H,8-9H2,1-3H3,(H,23,25)(H,24,26)/b22-12-. The molecule has 26 heavy (non-hydrogen) atoms. The molecule has 0 unspecified atom stereocenters. The lowest BCUT2D eigenvalue weighted by Gasteiger charge is -2.12. The molecule has 0 bridgehead atoms. The van der Waals surface area contributed by atoms with Crippen LogP contribution in [0.2, 0.25) is 0 Å². The van der Waals surface area contributed by atoms with Crippen LogP contribution in [0, 0.1) is 26.6 Å². The van der Waals surface area contributed by atoms with Gasteiger partial charge in [0.25, 0.3) is 0 Å². The number of aryl methyl sites for hydroxylation is 3. The molecule has 0 aliphatic rings. The van der Waals surface area contributed by atoms with Crippen LogP contribution in [0.5, 0.6) is 0 Å². The van der Waals surface area contributed by atoms with Crippen molar-refractivity contribution in [1.29, 1.82) is 0 Å². The first-order valence-corrected chi connectivity index (χ1v) is 8.31. The van der Waals surface area contributed by atoms with Crippen LogP contribution in [0.15, 0.2) is 41.5 Å². The minimum atomic E-state index is -0.422. The first-order chi connectivity index (χ1) is 12.4. The Labute approximate surface area is 152 Å². The molecule has 2 rings (SSSR count). The fourth-order valence-corrected chi connectivity index (χ4v) is 2.62. The first kappa shape index (κ1) is 19.3. The number of rotatable bonds is 6. The lowest BCUT2D eigenvalue weighted by molar-refractivity contribution is -0.124. The molecule has 0 atom stereocenters. The van der Waals surface area contributed by atoms with E-state index in [1.54, 1.807) is 18.2 Å². The number of hydrogen-bond acceptors (Lipinski definition) is 3. The number of anilines is 1. The summed E-state index contributed by atoms with van der Waals surface area (Å²) in [5.74, 6) is -1.08. The van der Waals surface area contributed by atoms with Crippen LogP contribution in [0.25, 0.3) is 0 Å². The first-order valence-electron chi connectivity index (χ1n) is 8.31. The molecular formula is C20H22FN3O2. The van der Waals surface area contributed by atoms with Crippen molar-refractivity contribution in [2.24, 2.45) is 5.10 Å². The SMILES string of the molecule is Cc1cc(C)c(NC(=O)CCC(=O)N/N=C\c2ccccc2F)c(C)c1. The Morgan fingerprint density at radius 1 is 1.04 bits per heavy atom. The Bertz CT molecular complexity index is 824. The van der Waals surface area contributed by atoms with Gasteiger partial charge >= 0.3 is 0 Å². The zero-order valence-corrected chi connectivity index (χ0v) is 15.1. The summed E-state index contributed by atoms with van der Waals surface area (Å²) < 4.78 is 13.4. The van der Waals surface area contributed by atoms with E-state index in [9.17, 15) is 14.0 Å². The molecule has 0 radical (unpaired) electrons. The van der Waals surface area contributed by atoms with Crippen molar-refractivity contribution < 1.29 is 14.0 Å². The number of nitrogens with one attached hydrogen (secondary N) is 2. The van der Waals surface area contributed by atoms with E-state index in [2.05, 4.69) is 15.8 Å². The van der Waals surface area contributed by atoms with Crippen LogP contribution < -0.4 is 10.7 Å². The Balaban J connectivity index is 1.82. The van der Waals surface area contributed by atoms with E-state index >= 15 is 0 Å². The van der Waals surface area contributed by atoms with Gasteiger partial charge in [-0.05, 0) is 38.0 Å². The molecule has 0 saturated carbocycles. The van der Waals surface area contributed by atoms with E-state index in [1.807, 2.05) is 32.9 Å². The van der Waals surface area contributed by atoms with Gasteiger partial charge in [-0.25, -0.2) is 9.82 Å². The number of carbonyl (C=O) groups excluding carboxylic acids is 2. The molecule has 0 heterocycles. The van der Waals surface area contributed by atoms with Crippen molar-refractivity contribution in [2.75, 3.05) is 5.32 Å². The number of hydrogen-bond donors (Lipinski definition) is 2. The van der Waals surface area contributed by atoms with Gasteiger partial charge in [0.15, 0.2) is 0 Å². The topological polar surface area (TPSA) is 70.6 Å². The van der Waals surface area contributed by atoms with Gasteiger partial charge in [0.1, 0.15) is 5.82 Å². The largest absolute Gasteiger partial charge is 0.326 e. The summed E-state index contributed by atoms with van der Waals surface area (Å²) >= 11 is 0. The Hall–Kier alpha value is -3.02. The third-order valence-electron chi connectivity index (χ3n) is 3.82. The fourth-order valence-electron chi connectivity index (χ4n) is 2.62. The van der Waals surface area contributed by atoms with Gasteiger partial charge in [0.2, 0.25) is 11.8 Å². The Morgan fingerprint density at radius 3 is 2.31 bits per heavy atom. The van der Waals surface area contributed by atoms with Crippen LogP contribution in [-0.2, 0) is 9.59 Å². The third kappa shape index (κ3) is 5.51. The van der Waals surface area contributed by atoms with Crippen LogP contribution in [0.4, 0.5) is 10.1 Å². The van der Waals surface area contributed by atoms with E-state index in [4.69, 9.17) is 0 Å². The minimum Gasteiger partial charge on any atom is -0.326 e. The van der Waals surface area contributed by atoms with E-state index in [0.717, 1.165) is 22.4 Å². The second kappa shape index (κ2) is 8.89. The van der Waals surface area contributed by atoms with Crippen molar-refractivity contribution in [3.63, 3.8) is 0 Å². The molecule has 136 valence electrons. The summed E-state index contributed by atoms with van der Waals surface area (Å²) in [7, 11) is 0. The van der Waals surface area contributed by atoms with Gasteiger partial charge in [0, 0.05) is 24.1 Å². The minimum absolute atomic E-state index is 0.00952. The molecule has 0 aliphatic heterocycles. The lowest BCUT2D eigenvalue weighted by atomic mass is 10.0. The van der Waals surface area contributed by atoms with Crippen molar-refractivity contribution in [1.82, 2.24) is 5.43 Å². The van der Waals surface area contributed by atoms with Gasteiger partial charge in [-0.15, -0.1) is 0 Å². The smallest absolute Gasteiger partial charge is 0.240 e. The predicted octanol–water partition coefficient (Wildman–Crippen LogP) is 3.62. The molecule has 2 amide bonds. The average Bonchev–Trinajstić information content (AvgIpc) is 2.58. The summed E-state index contributed by atoms with van der Waals surface area (Å²) in [6.07, 6.45) is 1.25. The van der Waals surface area contributed by atoms with Gasteiger partial charge in [0.05, 0.1) is 6.21 Å². The van der Waals surface area contributed by atoms with Crippen LogP contribution in [0.3, 0.4) is 0 Å². The van der Waals surface area contributed by atoms with E-state index in [-0.39, 0.29) is 24.3 Å². The number of carbonyl (C=O) groups is 2. The van der Waals surface area contributed by atoms with Crippen LogP contribution >= 0.6 is 0 Å². The van der Waals surface area contributed by atoms with Gasteiger partial charge in [-0.1, -0.05) is 35.9 Å². The maximum absolute atomic E-state index is 13.4. The summed E-state index contributed by atoms with van der Waals surface area (Å²) in [6, 6.07) is 10.1. The molecular weight excluding hydrogens is 333 g/mol. The average molecular weight is 355 g/mol. The fraction of sp³-hybridized carbons (Fsp3) is 0.250. The zero-order valence-electron chi connectivity index (χ0n) is 15.1. The zero-order chi connectivity index (χ0) is 19.1. The quantitative estimate of drug-likeness (QED) is 0.614. The Morgan fingerprint density at radius 2 is 1.65 bits per heavy atom. The second-order valence-corrected chi connectivity index (χ2v) is 6.14. The van der Waals surface area contributed by atoms with Crippen molar-refractivity contribution in [2.45, 2.75) is 33.6 Å². The van der Waals surface area contributed by atoms with E-state index in [0.29, 0.717) is 0 Å². The number of nitrogens with zero attached hydrogens (tertiary/aromatic N) is 1. The van der Waals surface area contributed by atoms with Gasteiger partial charge in [-0.3, -0.25) is 9.59 Å². The van der Waals surface area contributed by atoms with Crippen LogP contribution in [0.1, 0.15) is 35.1 Å². The molecule has 0 aliphatic carbocycles. The highest BCUT2D eigenvalue weighted by molar-refractivity contribution is 5.94. The predicted molar refractivity (Wildman–Crippen MR) is 101 cm³/mol. The summed E-state index contributed by atoms with van der Waals surface area (Å²) in [5.41, 5.74) is 6.43. The van der Waals surface area contributed by atoms with Crippen LogP contribution in [-0.4, -0.2) is 18.0 Å². The molecule has 6 heteroatoms. The molecule has 2 N–H and O–H groups in total. The maximum Gasteiger partial charge on any atom is 0.240 e. The molecule has 2 aromatic rings. The summed E-state index contributed by atoms with van der Waals surface area (Å²) in [5, 5.41) is 6.55. The molecule has 0 aromatic heterocycles. The monoisotopic (exact) mass is 355 g/mol. The highest BCUT2D eigenvalue weighted by Crippen LogP contribution is 2.22. The number of benzene rings is 2. The van der Waals surface area contributed by atoms with E-state index < -0.39 is 11.7 Å². The molecule has 0 spiro atoms.